The third kappa shape index (κ3) is 12.8. The minimum Gasteiger partial charge on any atom is -0.377 e. The van der Waals surface area contributed by atoms with Crippen LogP contribution in [0.3, 0.4) is 0 Å². The number of benzene rings is 4. The van der Waals surface area contributed by atoms with Gasteiger partial charge in [-0.2, -0.15) is 0 Å². The maximum absolute atomic E-state index is 6.38. The molecule has 0 unspecified atom stereocenters. The van der Waals surface area contributed by atoms with Gasteiger partial charge in [0, 0.05) is 83.3 Å². The molecule has 0 saturated heterocycles. The van der Waals surface area contributed by atoms with E-state index in [2.05, 4.69) is 114 Å². The van der Waals surface area contributed by atoms with Crippen molar-refractivity contribution in [1.29, 1.82) is 0 Å². The van der Waals surface area contributed by atoms with E-state index in [-0.39, 0.29) is 54.9 Å². The van der Waals surface area contributed by atoms with Gasteiger partial charge in [-0.15, -0.1) is 0 Å². The highest BCUT2D eigenvalue weighted by Crippen LogP contribution is 2.36. The van der Waals surface area contributed by atoms with Gasteiger partial charge in [0.05, 0.1) is 54.9 Å². The maximum atomic E-state index is 6.38. The maximum Gasteiger partial charge on any atom is 0.0861 e. The molecular weight excluding hydrogens is 757 g/mol. The predicted molar refractivity (Wildman–Crippen MR) is 239 cm³/mol. The molecule has 0 aromatic heterocycles. The summed E-state index contributed by atoms with van der Waals surface area (Å²) in [5.41, 5.74) is 13.1. The zero-order valence-corrected chi connectivity index (χ0v) is 38.9. The lowest BCUT2D eigenvalue weighted by Crippen LogP contribution is -2.14. The minimum absolute atomic E-state index is 0.0795. The fourth-order valence-corrected chi connectivity index (χ4v) is 7.73. The lowest BCUT2D eigenvalue weighted by Gasteiger charge is -2.26. The Morgan fingerprint density at radius 1 is 0.250 bits per heavy atom. The number of hydrogen-bond acceptors (Lipinski definition) is 9. The normalized spacial score (nSPS) is 16.4. The summed E-state index contributed by atoms with van der Waals surface area (Å²) in [4.78, 5) is 0. The number of rotatable bonds is 24. The molecule has 0 aliphatic rings. The average molecular weight is 829 g/mol. The van der Waals surface area contributed by atoms with E-state index >= 15 is 0 Å². The number of ether oxygens (including phenoxy) is 9. The van der Waals surface area contributed by atoms with Gasteiger partial charge in [0.15, 0.2) is 0 Å². The van der Waals surface area contributed by atoms with E-state index in [0.29, 0.717) is 19.3 Å². The number of hydrogen-bond donors (Lipinski definition) is 0. The van der Waals surface area contributed by atoms with Crippen molar-refractivity contribution in [1.82, 2.24) is 0 Å². The summed E-state index contributed by atoms with van der Waals surface area (Å²) < 4.78 is 53.7. The van der Waals surface area contributed by atoms with Gasteiger partial charge >= 0.3 is 0 Å². The first-order chi connectivity index (χ1) is 28.7. The first-order valence-corrected chi connectivity index (χ1v) is 21.1. The molecule has 0 aliphatic carbocycles. The van der Waals surface area contributed by atoms with E-state index in [0.717, 1.165) is 66.8 Å². The molecule has 4 aromatic rings. The van der Waals surface area contributed by atoms with Crippen LogP contribution < -0.4 is 0 Å². The Morgan fingerprint density at radius 3 is 0.567 bits per heavy atom. The van der Waals surface area contributed by atoms with Gasteiger partial charge in [-0.1, -0.05) is 72.8 Å². The summed E-state index contributed by atoms with van der Waals surface area (Å²) in [5.74, 6) is 0. The van der Waals surface area contributed by atoms with Gasteiger partial charge in [-0.05, 0) is 108 Å². The molecule has 0 N–H and O–H groups in total. The average Bonchev–Trinajstić information content (AvgIpc) is 3.29. The van der Waals surface area contributed by atoms with E-state index in [1.165, 1.54) is 0 Å². The zero-order valence-electron chi connectivity index (χ0n) is 38.9. The molecule has 0 fully saturated rings. The summed E-state index contributed by atoms with van der Waals surface area (Å²) in [7, 11) is 15.8. The van der Waals surface area contributed by atoms with Crippen molar-refractivity contribution in [2.24, 2.45) is 0 Å². The molecule has 0 bridgehead atoms. The van der Waals surface area contributed by atoms with Gasteiger partial charge in [0.1, 0.15) is 0 Å². The van der Waals surface area contributed by atoms with Gasteiger partial charge in [-0.25, -0.2) is 0 Å². The Balaban J connectivity index is 1.89. The van der Waals surface area contributed by atoms with Crippen LogP contribution in [0, 0.1) is 0 Å². The molecule has 0 aliphatic heterocycles. The van der Waals surface area contributed by atoms with Crippen LogP contribution in [0.2, 0.25) is 0 Å². The zero-order chi connectivity index (χ0) is 44.1. The smallest absolute Gasteiger partial charge is 0.0861 e. The highest BCUT2D eigenvalue weighted by molar-refractivity contribution is 5.41. The van der Waals surface area contributed by atoms with E-state index in [1.54, 1.807) is 64.0 Å². The fourth-order valence-electron chi connectivity index (χ4n) is 7.73. The van der Waals surface area contributed by atoms with Crippen molar-refractivity contribution in [3.8, 4) is 0 Å². The van der Waals surface area contributed by atoms with E-state index < -0.39 is 0 Å². The Labute approximate surface area is 360 Å². The molecule has 60 heavy (non-hydrogen) atoms. The highest BCUT2D eigenvalue weighted by atomic mass is 16.5. The lowest BCUT2D eigenvalue weighted by molar-refractivity contribution is 0.0920. The van der Waals surface area contributed by atoms with Gasteiger partial charge in [0.2, 0.25) is 0 Å². The van der Waals surface area contributed by atoms with Crippen molar-refractivity contribution in [2.75, 3.05) is 64.0 Å². The SMILES string of the molecule is CO[C@@H](C)c1cc(C[C@@H](OC)c2cc([C@@H](Cc3cc([C@H](C)OC)cc([C@H](C)OC)c3)OC)cc([C@@H](Cc3cc([C@H](C)OC)cc([C@H](C)OC)c3)OC)c2)cc([C@H](C)OC)c1. The van der Waals surface area contributed by atoms with Crippen LogP contribution >= 0.6 is 0 Å². The second-order valence-corrected chi connectivity index (χ2v) is 16.0. The van der Waals surface area contributed by atoms with Crippen molar-refractivity contribution >= 4 is 0 Å². The molecule has 0 spiro atoms. The third-order valence-electron chi connectivity index (χ3n) is 12.3. The monoisotopic (exact) mass is 829 g/mol. The fraction of sp³-hybridized carbons (Fsp3) is 0.529. The summed E-state index contributed by atoms with van der Waals surface area (Å²) in [6, 6.07) is 26.5. The van der Waals surface area contributed by atoms with Gasteiger partial charge < -0.3 is 42.6 Å². The Bertz CT molecular complexity index is 1610. The van der Waals surface area contributed by atoms with Crippen LogP contribution in [0.1, 0.15) is 163 Å². The topological polar surface area (TPSA) is 83.1 Å². The molecule has 0 amide bonds. The Kier molecular flexibility index (Phi) is 19.4. The predicted octanol–water partition coefficient (Wildman–Crippen LogP) is 11.7. The lowest BCUT2D eigenvalue weighted by atomic mass is 9.88. The van der Waals surface area contributed by atoms with Crippen molar-refractivity contribution in [3.63, 3.8) is 0 Å². The third-order valence-corrected chi connectivity index (χ3v) is 12.3. The van der Waals surface area contributed by atoms with Crippen molar-refractivity contribution < 1.29 is 42.6 Å². The van der Waals surface area contributed by atoms with Crippen molar-refractivity contribution in [3.05, 3.63) is 140 Å². The molecule has 9 nitrogen and oxygen atoms in total. The first kappa shape index (κ1) is 49.2. The summed E-state index contributed by atoms with van der Waals surface area (Å²) in [6.07, 6.45) is 0.578. The Morgan fingerprint density at radius 2 is 0.417 bits per heavy atom. The molecule has 330 valence electrons. The molecule has 0 heterocycles. The van der Waals surface area contributed by atoms with E-state index in [4.69, 9.17) is 42.6 Å². The minimum atomic E-state index is -0.280. The van der Waals surface area contributed by atoms with Crippen LogP contribution in [0.15, 0.2) is 72.8 Å². The second kappa shape index (κ2) is 23.7. The van der Waals surface area contributed by atoms with Gasteiger partial charge in [-0.3, -0.25) is 0 Å². The van der Waals surface area contributed by atoms with Crippen LogP contribution in [-0.2, 0) is 61.9 Å². The largest absolute Gasteiger partial charge is 0.377 e. The van der Waals surface area contributed by atoms with Gasteiger partial charge in [0.25, 0.3) is 0 Å². The van der Waals surface area contributed by atoms with Crippen molar-refractivity contribution in [2.45, 2.75) is 116 Å². The summed E-state index contributed by atoms with van der Waals surface area (Å²) >= 11 is 0. The molecule has 4 aromatic carbocycles. The molecule has 9 heteroatoms. The standard InChI is InChI=1S/C51H72O9/c1-31(52-7)40-16-37(17-41(25-40)32(2)53-8)22-49(58-13)46-28-47(50(59-14)23-38-18-42(33(3)54-9)26-43(19-38)34(4)55-10)30-48(29-46)51(60-15)24-39-20-44(35(5)56-11)27-45(21-39)36(6)57-12/h16-21,25-36,49-51H,22-24H2,1-15H3/t31-,32-,33-,34-,35-,36-,49+,50+,51+/m0/s1. The highest BCUT2D eigenvalue weighted by Gasteiger charge is 2.24. The van der Waals surface area contributed by atoms with Crippen LogP contribution in [0.25, 0.3) is 0 Å². The summed E-state index contributed by atoms with van der Waals surface area (Å²) in [5, 5.41) is 0. The molecule has 4 rings (SSSR count). The van der Waals surface area contributed by atoms with E-state index in [1.807, 2.05) is 0 Å². The van der Waals surface area contributed by atoms with E-state index in [9.17, 15) is 0 Å². The molecule has 0 radical (unpaired) electrons. The first-order valence-electron chi connectivity index (χ1n) is 21.1. The molecule has 0 saturated carbocycles. The van der Waals surface area contributed by atoms with Crippen LogP contribution in [-0.4, -0.2) is 64.0 Å². The number of methoxy groups -OCH3 is 9. The summed E-state index contributed by atoms with van der Waals surface area (Å²) in [6.45, 7) is 12.4. The Hall–Kier alpha value is -3.48. The quantitative estimate of drug-likeness (QED) is 0.0685. The molecular formula is C51H72O9. The van der Waals surface area contributed by atoms with Crippen LogP contribution in [0.5, 0.6) is 0 Å². The molecule has 9 atom stereocenters. The second-order valence-electron chi connectivity index (χ2n) is 16.0. The van der Waals surface area contributed by atoms with Crippen LogP contribution in [0.4, 0.5) is 0 Å².